The van der Waals surface area contributed by atoms with E-state index in [4.69, 9.17) is 5.73 Å². The minimum absolute atomic E-state index is 0.181. The van der Waals surface area contributed by atoms with Gasteiger partial charge in [0.25, 0.3) is 0 Å². The van der Waals surface area contributed by atoms with Crippen molar-refractivity contribution in [3.63, 3.8) is 0 Å². The molecule has 0 bridgehead atoms. The van der Waals surface area contributed by atoms with Crippen LogP contribution in [0.2, 0.25) is 0 Å². The molecule has 0 aromatic heterocycles. The SMILES string of the molecule is CC(C)(C)[C@H](N)C(=O)N1CCN(CC(F)(F)F)CC1. The van der Waals surface area contributed by atoms with Gasteiger partial charge in [0.05, 0.1) is 12.6 Å². The van der Waals surface area contributed by atoms with Crippen molar-refractivity contribution in [3.8, 4) is 0 Å². The summed E-state index contributed by atoms with van der Waals surface area (Å²) in [7, 11) is 0. The molecule has 1 atom stereocenters. The molecule has 0 radical (unpaired) electrons. The van der Waals surface area contributed by atoms with Crippen molar-refractivity contribution < 1.29 is 18.0 Å². The van der Waals surface area contributed by atoms with Crippen molar-refractivity contribution in [2.24, 2.45) is 11.1 Å². The van der Waals surface area contributed by atoms with Gasteiger partial charge in [-0.05, 0) is 5.41 Å². The molecule has 7 heteroatoms. The van der Waals surface area contributed by atoms with E-state index in [2.05, 4.69) is 0 Å². The van der Waals surface area contributed by atoms with Crippen molar-refractivity contribution in [2.75, 3.05) is 32.7 Å². The number of halogens is 3. The highest BCUT2D eigenvalue weighted by molar-refractivity contribution is 5.82. The molecule has 1 fully saturated rings. The smallest absolute Gasteiger partial charge is 0.339 e. The third-order valence-corrected chi connectivity index (χ3v) is 3.29. The molecule has 0 aliphatic carbocycles. The van der Waals surface area contributed by atoms with Crippen molar-refractivity contribution in [3.05, 3.63) is 0 Å². The quantitative estimate of drug-likeness (QED) is 0.823. The first kappa shape index (κ1) is 16.2. The van der Waals surface area contributed by atoms with Gasteiger partial charge in [0.2, 0.25) is 5.91 Å². The molecular weight excluding hydrogens is 259 g/mol. The lowest BCUT2D eigenvalue weighted by atomic mass is 9.86. The number of hydrogen-bond donors (Lipinski definition) is 1. The molecule has 0 spiro atoms. The lowest BCUT2D eigenvalue weighted by Crippen LogP contribution is -2.57. The largest absolute Gasteiger partial charge is 0.401 e. The fourth-order valence-corrected chi connectivity index (χ4v) is 1.95. The molecular formula is C12H22F3N3O. The van der Waals surface area contributed by atoms with Crippen LogP contribution in [0, 0.1) is 5.41 Å². The molecule has 1 heterocycles. The molecule has 19 heavy (non-hydrogen) atoms. The summed E-state index contributed by atoms with van der Waals surface area (Å²) in [6.07, 6.45) is -4.19. The van der Waals surface area contributed by atoms with Gasteiger partial charge in [-0.15, -0.1) is 0 Å². The number of carbonyl (C=O) groups excluding carboxylic acids is 1. The second-order valence-corrected chi connectivity index (χ2v) is 6.06. The second-order valence-electron chi connectivity index (χ2n) is 6.06. The van der Waals surface area contributed by atoms with Gasteiger partial charge >= 0.3 is 6.18 Å². The van der Waals surface area contributed by atoms with E-state index in [-0.39, 0.29) is 24.4 Å². The second kappa shape index (κ2) is 5.66. The predicted molar refractivity (Wildman–Crippen MR) is 66.5 cm³/mol. The average Bonchev–Trinajstić information content (AvgIpc) is 2.24. The van der Waals surface area contributed by atoms with E-state index in [0.29, 0.717) is 13.1 Å². The van der Waals surface area contributed by atoms with Crippen LogP contribution in [0.3, 0.4) is 0 Å². The van der Waals surface area contributed by atoms with E-state index < -0.39 is 18.8 Å². The summed E-state index contributed by atoms with van der Waals surface area (Å²) in [6, 6.07) is -0.623. The Morgan fingerprint density at radius 3 is 2.00 bits per heavy atom. The maximum absolute atomic E-state index is 12.2. The molecule has 1 rings (SSSR count). The van der Waals surface area contributed by atoms with Crippen molar-refractivity contribution >= 4 is 5.91 Å². The van der Waals surface area contributed by atoms with E-state index in [1.54, 1.807) is 4.90 Å². The van der Waals surface area contributed by atoms with Crippen LogP contribution >= 0.6 is 0 Å². The summed E-state index contributed by atoms with van der Waals surface area (Å²) < 4.78 is 36.7. The fourth-order valence-electron chi connectivity index (χ4n) is 1.95. The predicted octanol–water partition coefficient (Wildman–Crippen LogP) is 1.07. The number of nitrogens with two attached hydrogens (primary N) is 1. The van der Waals surface area contributed by atoms with Crippen molar-refractivity contribution in [2.45, 2.75) is 33.0 Å². The Morgan fingerprint density at radius 2 is 1.63 bits per heavy atom. The van der Waals surface area contributed by atoms with Gasteiger partial charge in [0.1, 0.15) is 0 Å². The third kappa shape index (κ3) is 4.99. The third-order valence-electron chi connectivity index (χ3n) is 3.29. The van der Waals surface area contributed by atoms with Gasteiger partial charge in [-0.1, -0.05) is 20.8 Å². The highest BCUT2D eigenvalue weighted by Crippen LogP contribution is 2.21. The van der Waals surface area contributed by atoms with Crippen LogP contribution in [0.4, 0.5) is 13.2 Å². The fraction of sp³-hybridized carbons (Fsp3) is 0.917. The summed E-state index contributed by atoms with van der Waals surface area (Å²) >= 11 is 0. The topological polar surface area (TPSA) is 49.6 Å². The van der Waals surface area contributed by atoms with Gasteiger partial charge in [0, 0.05) is 26.2 Å². The number of rotatable bonds is 2. The monoisotopic (exact) mass is 281 g/mol. The summed E-state index contributed by atoms with van der Waals surface area (Å²) in [4.78, 5) is 15.0. The maximum atomic E-state index is 12.2. The van der Waals surface area contributed by atoms with E-state index in [1.807, 2.05) is 20.8 Å². The van der Waals surface area contributed by atoms with E-state index in [0.717, 1.165) is 0 Å². The zero-order chi connectivity index (χ0) is 14.8. The molecule has 1 aliphatic heterocycles. The van der Waals surface area contributed by atoms with Gasteiger partial charge in [0.15, 0.2) is 0 Å². The van der Waals surface area contributed by atoms with Crippen LogP contribution in [-0.4, -0.2) is 60.6 Å². The highest BCUT2D eigenvalue weighted by atomic mass is 19.4. The number of amides is 1. The van der Waals surface area contributed by atoms with Crippen molar-refractivity contribution in [1.29, 1.82) is 0 Å². The number of alkyl halides is 3. The lowest BCUT2D eigenvalue weighted by Gasteiger charge is -2.38. The lowest BCUT2D eigenvalue weighted by molar-refractivity contribution is -0.152. The molecule has 0 saturated carbocycles. The zero-order valence-electron chi connectivity index (χ0n) is 11.6. The maximum Gasteiger partial charge on any atom is 0.401 e. The van der Waals surface area contributed by atoms with Crippen LogP contribution in [0.5, 0.6) is 0 Å². The average molecular weight is 281 g/mol. The number of carbonyl (C=O) groups is 1. The van der Waals surface area contributed by atoms with Gasteiger partial charge in [-0.2, -0.15) is 13.2 Å². The van der Waals surface area contributed by atoms with Gasteiger partial charge < -0.3 is 10.6 Å². The Kier molecular flexibility index (Phi) is 4.84. The Balaban J connectivity index is 2.48. The summed E-state index contributed by atoms with van der Waals surface area (Å²) in [5, 5.41) is 0. The first-order valence-corrected chi connectivity index (χ1v) is 6.34. The highest BCUT2D eigenvalue weighted by Gasteiger charge is 2.35. The van der Waals surface area contributed by atoms with Crippen LogP contribution in [0.1, 0.15) is 20.8 Å². The Labute approximate surface area is 111 Å². The van der Waals surface area contributed by atoms with Gasteiger partial charge in [-0.25, -0.2) is 0 Å². The Morgan fingerprint density at radius 1 is 1.16 bits per heavy atom. The minimum Gasteiger partial charge on any atom is -0.339 e. The van der Waals surface area contributed by atoms with Crippen molar-refractivity contribution in [1.82, 2.24) is 9.80 Å². The van der Waals surface area contributed by atoms with E-state index in [9.17, 15) is 18.0 Å². The minimum atomic E-state index is -4.19. The number of hydrogen-bond acceptors (Lipinski definition) is 3. The standard InChI is InChI=1S/C12H22F3N3O/c1-11(2,3)9(16)10(19)18-6-4-17(5-7-18)8-12(13,14)15/h9H,4-8,16H2,1-3H3/t9-/m1/s1. The molecule has 1 amide bonds. The summed E-state index contributed by atoms with van der Waals surface area (Å²) in [5.41, 5.74) is 5.53. The van der Waals surface area contributed by atoms with Crippen LogP contribution < -0.4 is 5.73 Å². The Bertz CT molecular complexity index is 317. The van der Waals surface area contributed by atoms with Crippen LogP contribution in [0.15, 0.2) is 0 Å². The van der Waals surface area contributed by atoms with E-state index >= 15 is 0 Å². The first-order valence-electron chi connectivity index (χ1n) is 6.34. The summed E-state index contributed by atoms with van der Waals surface area (Å²) in [5.74, 6) is -0.181. The Hall–Kier alpha value is -0.820. The molecule has 0 aromatic rings. The normalized spacial score (nSPS) is 20.5. The molecule has 4 nitrogen and oxygen atoms in total. The molecule has 1 aliphatic rings. The molecule has 1 saturated heterocycles. The zero-order valence-corrected chi connectivity index (χ0v) is 11.6. The molecule has 0 unspecified atom stereocenters. The van der Waals surface area contributed by atoms with Crippen LogP contribution in [-0.2, 0) is 4.79 Å². The number of piperazine rings is 1. The molecule has 0 aromatic carbocycles. The molecule has 112 valence electrons. The van der Waals surface area contributed by atoms with Crippen LogP contribution in [0.25, 0.3) is 0 Å². The van der Waals surface area contributed by atoms with E-state index in [1.165, 1.54) is 4.90 Å². The number of nitrogens with zero attached hydrogens (tertiary/aromatic N) is 2. The summed E-state index contributed by atoms with van der Waals surface area (Å²) in [6.45, 7) is 5.78. The van der Waals surface area contributed by atoms with Gasteiger partial charge in [-0.3, -0.25) is 9.69 Å². The molecule has 2 N–H and O–H groups in total. The first-order chi connectivity index (χ1) is 8.50.